The zero-order valence-corrected chi connectivity index (χ0v) is 17.6. The maximum absolute atomic E-state index is 12.8. The summed E-state index contributed by atoms with van der Waals surface area (Å²) in [7, 11) is 0. The molecule has 2 atom stereocenters. The molecule has 0 aliphatic rings. The van der Waals surface area contributed by atoms with Crippen molar-refractivity contribution in [3.05, 3.63) is 94.2 Å². The number of amides is 2. The Morgan fingerprint density at radius 2 is 1.50 bits per heavy atom. The molecule has 0 bridgehead atoms. The van der Waals surface area contributed by atoms with Gasteiger partial charge in [0, 0.05) is 25.4 Å². The molecule has 0 fully saturated rings. The summed E-state index contributed by atoms with van der Waals surface area (Å²) < 4.78 is 0. The molecule has 156 valence electrons. The lowest BCUT2D eigenvalue weighted by molar-refractivity contribution is -0.127. The van der Waals surface area contributed by atoms with Crippen molar-refractivity contribution in [2.24, 2.45) is 5.73 Å². The molecule has 2 amide bonds. The predicted molar refractivity (Wildman–Crippen MR) is 121 cm³/mol. The Labute approximate surface area is 181 Å². The molecule has 3 rings (SSSR count). The Kier molecular flexibility index (Phi) is 8.18. The molecule has 1 aromatic heterocycles. The lowest BCUT2D eigenvalue weighted by Gasteiger charge is -2.21. The van der Waals surface area contributed by atoms with E-state index in [0.717, 1.165) is 17.5 Å². The van der Waals surface area contributed by atoms with Gasteiger partial charge in [0.15, 0.2) is 0 Å². The normalized spacial score (nSPS) is 12.8. The number of thiophene rings is 1. The SMILES string of the molecule is NC(=O)[C@H](Cc1ccccc1)NC(=O)C[C@H](Cc1ccccc1)NCc1ccsc1. The van der Waals surface area contributed by atoms with Gasteiger partial charge in [0.25, 0.3) is 0 Å². The van der Waals surface area contributed by atoms with E-state index in [4.69, 9.17) is 5.73 Å². The zero-order valence-electron chi connectivity index (χ0n) is 16.8. The van der Waals surface area contributed by atoms with Crippen molar-refractivity contribution in [3.63, 3.8) is 0 Å². The second-order valence-corrected chi connectivity index (χ2v) is 8.10. The summed E-state index contributed by atoms with van der Waals surface area (Å²) in [6.45, 7) is 0.692. The Hall–Kier alpha value is -2.96. The molecular formula is C24H27N3O2S. The second-order valence-electron chi connectivity index (χ2n) is 7.32. The fraction of sp³-hybridized carbons (Fsp3) is 0.250. The number of benzene rings is 2. The Morgan fingerprint density at radius 3 is 2.07 bits per heavy atom. The quantitative estimate of drug-likeness (QED) is 0.445. The highest BCUT2D eigenvalue weighted by Crippen LogP contribution is 2.10. The molecule has 30 heavy (non-hydrogen) atoms. The number of nitrogens with two attached hydrogens (primary N) is 1. The summed E-state index contributed by atoms with van der Waals surface area (Å²) in [5, 5.41) is 10.4. The lowest BCUT2D eigenvalue weighted by atomic mass is 10.0. The van der Waals surface area contributed by atoms with Gasteiger partial charge in [-0.2, -0.15) is 11.3 Å². The predicted octanol–water partition coefficient (Wildman–Crippen LogP) is 3.05. The first-order valence-corrected chi connectivity index (χ1v) is 11.0. The van der Waals surface area contributed by atoms with Crippen LogP contribution in [0.4, 0.5) is 0 Å². The molecule has 0 aliphatic heterocycles. The fourth-order valence-electron chi connectivity index (χ4n) is 3.32. The maximum atomic E-state index is 12.8. The molecule has 0 saturated carbocycles. The van der Waals surface area contributed by atoms with E-state index in [9.17, 15) is 9.59 Å². The molecule has 0 aliphatic carbocycles. The van der Waals surface area contributed by atoms with Crippen LogP contribution in [0.15, 0.2) is 77.5 Å². The summed E-state index contributed by atoms with van der Waals surface area (Å²) in [6.07, 6.45) is 1.36. The van der Waals surface area contributed by atoms with Crippen LogP contribution in [0.25, 0.3) is 0 Å². The van der Waals surface area contributed by atoms with Crippen LogP contribution in [0.3, 0.4) is 0 Å². The molecule has 3 aromatic rings. The Morgan fingerprint density at radius 1 is 0.867 bits per heavy atom. The van der Waals surface area contributed by atoms with Crippen molar-refractivity contribution in [1.29, 1.82) is 0 Å². The first-order chi connectivity index (χ1) is 14.6. The minimum absolute atomic E-state index is 0.0578. The van der Waals surface area contributed by atoms with Gasteiger partial charge in [-0.3, -0.25) is 9.59 Å². The number of rotatable bonds is 11. The topological polar surface area (TPSA) is 84.2 Å². The molecule has 6 heteroatoms. The van der Waals surface area contributed by atoms with Crippen molar-refractivity contribution in [3.8, 4) is 0 Å². The highest BCUT2D eigenvalue weighted by Gasteiger charge is 2.21. The summed E-state index contributed by atoms with van der Waals surface area (Å²) in [5.74, 6) is -0.716. The van der Waals surface area contributed by atoms with Gasteiger partial charge in [0.05, 0.1) is 0 Å². The second kappa shape index (κ2) is 11.3. The van der Waals surface area contributed by atoms with Gasteiger partial charge in [0.1, 0.15) is 6.04 Å². The van der Waals surface area contributed by atoms with Crippen LogP contribution in [-0.4, -0.2) is 23.9 Å². The highest BCUT2D eigenvalue weighted by molar-refractivity contribution is 7.07. The van der Waals surface area contributed by atoms with Gasteiger partial charge in [0.2, 0.25) is 11.8 Å². The third kappa shape index (κ3) is 7.13. The highest BCUT2D eigenvalue weighted by atomic mass is 32.1. The van der Waals surface area contributed by atoms with Crippen LogP contribution in [0.2, 0.25) is 0 Å². The average molecular weight is 422 g/mol. The number of carbonyl (C=O) groups excluding carboxylic acids is 2. The van der Waals surface area contributed by atoms with E-state index in [-0.39, 0.29) is 18.4 Å². The lowest BCUT2D eigenvalue weighted by Crippen LogP contribution is -2.47. The van der Waals surface area contributed by atoms with E-state index in [1.807, 2.05) is 53.9 Å². The number of hydrogen-bond acceptors (Lipinski definition) is 4. The van der Waals surface area contributed by atoms with E-state index in [1.54, 1.807) is 11.3 Å². The van der Waals surface area contributed by atoms with Crippen LogP contribution in [0.5, 0.6) is 0 Å². The number of primary amides is 1. The largest absolute Gasteiger partial charge is 0.368 e. The number of nitrogens with one attached hydrogen (secondary N) is 2. The zero-order chi connectivity index (χ0) is 21.2. The summed E-state index contributed by atoms with van der Waals surface area (Å²) in [4.78, 5) is 24.6. The molecular weight excluding hydrogens is 394 g/mol. The van der Waals surface area contributed by atoms with Crippen molar-refractivity contribution >= 4 is 23.2 Å². The average Bonchev–Trinajstić information content (AvgIpc) is 3.27. The monoisotopic (exact) mass is 421 g/mol. The summed E-state index contributed by atoms with van der Waals surface area (Å²) >= 11 is 1.65. The smallest absolute Gasteiger partial charge is 0.240 e. The van der Waals surface area contributed by atoms with Gasteiger partial charge in [-0.05, 0) is 39.9 Å². The van der Waals surface area contributed by atoms with Gasteiger partial charge >= 0.3 is 0 Å². The van der Waals surface area contributed by atoms with Crippen LogP contribution in [0, 0.1) is 0 Å². The van der Waals surface area contributed by atoms with Crippen LogP contribution < -0.4 is 16.4 Å². The first kappa shape index (κ1) is 21.7. The third-order valence-corrected chi connectivity index (χ3v) is 5.63. The maximum Gasteiger partial charge on any atom is 0.240 e. The van der Waals surface area contributed by atoms with E-state index in [0.29, 0.717) is 13.0 Å². The van der Waals surface area contributed by atoms with Gasteiger partial charge in [-0.1, -0.05) is 60.7 Å². The van der Waals surface area contributed by atoms with E-state index in [2.05, 4.69) is 34.2 Å². The van der Waals surface area contributed by atoms with Crippen LogP contribution >= 0.6 is 11.3 Å². The van der Waals surface area contributed by atoms with Gasteiger partial charge in [-0.25, -0.2) is 0 Å². The molecule has 5 nitrogen and oxygen atoms in total. The van der Waals surface area contributed by atoms with Crippen molar-refractivity contribution in [2.75, 3.05) is 0 Å². The number of hydrogen-bond donors (Lipinski definition) is 3. The van der Waals surface area contributed by atoms with Crippen molar-refractivity contribution in [1.82, 2.24) is 10.6 Å². The van der Waals surface area contributed by atoms with E-state index >= 15 is 0 Å². The van der Waals surface area contributed by atoms with Gasteiger partial charge < -0.3 is 16.4 Å². The fourth-order valence-corrected chi connectivity index (χ4v) is 3.99. The molecule has 2 aromatic carbocycles. The van der Waals surface area contributed by atoms with Crippen molar-refractivity contribution < 1.29 is 9.59 Å². The molecule has 4 N–H and O–H groups in total. The van der Waals surface area contributed by atoms with Crippen LogP contribution in [0.1, 0.15) is 23.1 Å². The van der Waals surface area contributed by atoms with E-state index in [1.165, 1.54) is 5.56 Å². The number of carbonyl (C=O) groups is 2. The first-order valence-electron chi connectivity index (χ1n) is 10.0. The Balaban J connectivity index is 1.62. The summed E-state index contributed by atoms with van der Waals surface area (Å²) in [5.41, 5.74) is 8.85. The minimum atomic E-state index is -0.728. The molecule has 1 heterocycles. The summed E-state index contributed by atoms with van der Waals surface area (Å²) in [6, 6.07) is 20.9. The van der Waals surface area contributed by atoms with Crippen molar-refractivity contribution in [2.45, 2.75) is 37.9 Å². The molecule has 0 unspecified atom stereocenters. The van der Waals surface area contributed by atoms with Gasteiger partial charge in [-0.15, -0.1) is 0 Å². The van der Waals surface area contributed by atoms with Crippen LogP contribution in [-0.2, 0) is 29.0 Å². The minimum Gasteiger partial charge on any atom is -0.368 e. The molecule has 0 radical (unpaired) electrons. The van der Waals surface area contributed by atoms with E-state index < -0.39 is 11.9 Å². The third-order valence-electron chi connectivity index (χ3n) is 4.89. The molecule has 0 spiro atoms. The standard InChI is InChI=1S/C24H27N3O2S/c25-24(29)22(14-19-9-5-2-6-10-19)27-23(28)15-21(13-18-7-3-1-4-8-18)26-16-20-11-12-30-17-20/h1-12,17,21-22,26H,13-16H2,(H2,25,29)(H,27,28)/t21-,22-/m0/s1. The molecule has 0 saturated heterocycles. The Bertz CT molecular complexity index is 914.